The molecule has 1 fully saturated rings. The number of ether oxygens (including phenoxy) is 1. The first kappa shape index (κ1) is 12.2. The highest BCUT2D eigenvalue weighted by Gasteiger charge is 2.18. The molecule has 0 aliphatic carbocycles. The van der Waals surface area contributed by atoms with Crippen molar-refractivity contribution in [1.29, 1.82) is 0 Å². The van der Waals surface area contributed by atoms with Crippen LogP contribution in [0.5, 0.6) is 0 Å². The predicted molar refractivity (Wildman–Crippen MR) is 72.3 cm³/mol. The van der Waals surface area contributed by atoms with Gasteiger partial charge < -0.3 is 14.5 Å². The normalized spacial score (nSPS) is 18.9. The molecule has 1 unspecified atom stereocenters. The van der Waals surface area contributed by atoms with Crippen LogP contribution in [-0.4, -0.2) is 25.2 Å². The van der Waals surface area contributed by atoms with Gasteiger partial charge in [0.25, 0.3) is 5.91 Å². The number of carbonyl (C=O) groups excluding carboxylic acids is 1. The van der Waals surface area contributed by atoms with Gasteiger partial charge in [-0.15, -0.1) is 0 Å². The number of nitrogens with one attached hydrogen (secondary N) is 1. The number of aryl methyl sites for hydroxylation is 1. The van der Waals surface area contributed by atoms with Crippen LogP contribution < -0.4 is 5.32 Å². The van der Waals surface area contributed by atoms with Crippen LogP contribution >= 0.6 is 0 Å². The Morgan fingerprint density at radius 3 is 3.11 bits per heavy atom. The molecule has 1 N–H and O–H groups in total. The number of amides is 1. The zero-order chi connectivity index (χ0) is 13.2. The molecule has 1 aromatic heterocycles. The summed E-state index contributed by atoms with van der Waals surface area (Å²) in [4.78, 5) is 12.0. The highest BCUT2D eigenvalue weighted by Crippen LogP contribution is 2.20. The van der Waals surface area contributed by atoms with Gasteiger partial charge in [0.1, 0.15) is 5.58 Å². The van der Waals surface area contributed by atoms with Gasteiger partial charge in [-0.25, -0.2) is 0 Å². The second-order valence-corrected chi connectivity index (χ2v) is 5.00. The SMILES string of the molecule is Cc1ccc2cc(C(=O)NCC3CCCO3)oc2c1. The fraction of sp³-hybridized carbons (Fsp3) is 0.400. The van der Waals surface area contributed by atoms with Gasteiger partial charge in [0, 0.05) is 18.5 Å². The van der Waals surface area contributed by atoms with E-state index in [4.69, 9.17) is 9.15 Å². The topological polar surface area (TPSA) is 51.5 Å². The molecular formula is C15H17NO3. The summed E-state index contributed by atoms with van der Waals surface area (Å²) >= 11 is 0. The average molecular weight is 259 g/mol. The molecule has 4 heteroatoms. The summed E-state index contributed by atoms with van der Waals surface area (Å²) in [7, 11) is 0. The van der Waals surface area contributed by atoms with Crippen molar-refractivity contribution in [1.82, 2.24) is 5.32 Å². The van der Waals surface area contributed by atoms with Crippen molar-refractivity contribution in [3.8, 4) is 0 Å². The minimum Gasteiger partial charge on any atom is -0.451 e. The van der Waals surface area contributed by atoms with Crippen LogP contribution in [-0.2, 0) is 4.74 Å². The molecule has 2 aromatic rings. The van der Waals surface area contributed by atoms with Crippen molar-refractivity contribution in [3.63, 3.8) is 0 Å². The van der Waals surface area contributed by atoms with Crippen LogP contribution in [0.25, 0.3) is 11.0 Å². The van der Waals surface area contributed by atoms with E-state index in [9.17, 15) is 4.79 Å². The largest absolute Gasteiger partial charge is 0.451 e. The molecule has 1 aromatic carbocycles. The molecule has 0 bridgehead atoms. The number of fused-ring (bicyclic) bond motifs is 1. The Hall–Kier alpha value is -1.81. The van der Waals surface area contributed by atoms with Crippen LogP contribution in [0.1, 0.15) is 29.0 Å². The Labute approximate surface area is 111 Å². The van der Waals surface area contributed by atoms with E-state index in [0.717, 1.165) is 36.0 Å². The fourth-order valence-corrected chi connectivity index (χ4v) is 2.35. The number of carbonyl (C=O) groups is 1. The number of rotatable bonds is 3. The standard InChI is InChI=1S/C15H17NO3/c1-10-4-5-11-8-14(19-13(11)7-10)15(17)16-9-12-3-2-6-18-12/h4-5,7-8,12H,2-3,6,9H2,1H3,(H,16,17). The van der Waals surface area contributed by atoms with Gasteiger partial charge >= 0.3 is 0 Å². The van der Waals surface area contributed by atoms with E-state index >= 15 is 0 Å². The Kier molecular flexibility index (Phi) is 3.25. The van der Waals surface area contributed by atoms with Crippen LogP contribution in [0.2, 0.25) is 0 Å². The lowest BCUT2D eigenvalue weighted by molar-refractivity contribution is 0.0837. The van der Waals surface area contributed by atoms with Gasteiger partial charge in [-0.3, -0.25) is 4.79 Å². The molecule has 1 amide bonds. The molecule has 1 atom stereocenters. The van der Waals surface area contributed by atoms with Gasteiger partial charge in [0.15, 0.2) is 5.76 Å². The minimum atomic E-state index is -0.177. The maximum Gasteiger partial charge on any atom is 0.287 e. The molecular weight excluding hydrogens is 242 g/mol. The van der Waals surface area contributed by atoms with E-state index in [1.807, 2.05) is 25.1 Å². The van der Waals surface area contributed by atoms with Crippen LogP contribution in [0, 0.1) is 6.92 Å². The second kappa shape index (κ2) is 5.05. The summed E-state index contributed by atoms with van der Waals surface area (Å²) in [6.45, 7) is 3.35. The summed E-state index contributed by atoms with van der Waals surface area (Å²) in [6.07, 6.45) is 2.24. The lowest BCUT2D eigenvalue weighted by Crippen LogP contribution is -2.31. The van der Waals surface area contributed by atoms with Crippen molar-refractivity contribution in [3.05, 3.63) is 35.6 Å². The summed E-state index contributed by atoms with van der Waals surface area (Å²) in [6, 6.07) is 7.68. The first-order valence-electron chi connectivity index (χ1n) is 6.62. The highest BCUT2D eigenvalue weighted by molar-refractivity contribution is 5.96. The van der Waals surface area contributed by atoms with E-state index in [0.29, 0.717) is 12.3 Å². The molecule has 19 heavy (non-hydrogen) atoms. The predicted octanol–water partition coefficient (Wildman–Crippen LogP) is 2.65. The van der Waals surface area contributed by atoms with Gasteiger partial charge in [0.05, 0.1) is 6.10 Å². The zero-order valence-corrected chi connectivity index (χ0v) is 10.9. The average Bonchev–Trinajstić information content (AvgIpc) is 3.04. The van der Waals surface area contributed by atoms with Crippen molar-refractivity contribution in [2.75, 3.05) is 13.2 Å². The highest BCUT2D eigenvalue weighted by atomic mass is 16.5. The summed E-state index contributed by atoms with van der Waals surface area (Å²) < 4.78 is 11.0. The van der Waals surface area contributed by atoms with Crippen LogP contribution in [0.3, 0.4) is 0 Å². The van der Waals surface area contributed by atoms with E-state index < -0.39 is 0 Å². The third-order valence-electron chi connectivity index (χ3n) is 3.41. The maximum absolute atomic E-state index is 12.0. The van der Waals surface area contributed by atoms with E-state index in [1.165, 1.54) is 0 Å². The summed E-state index contributed by atoms with van der Waals surface area (Å²) in [5.74, 6) is 0.183. The summed E-state index contributed by atoms with van der Waals surface area (Å²) in [5, 5.41) is 3.81. The molecule has 1 aliphatic heterocycles. The second-order valence-electron chi connectivity index (χ2n) is 5.00. The Bertz CT molecular complexity index is 596. The lowest BCUT2D eigenvalue weighted by atomic mass is 10.2. The lowest BCUT2D eigenvalue weighted by Gasteiger charge is -2.09. The molecule has 1 aliphatic rings. The first-order chi connectivity index (χ1) is 9.22. The van der Waals surface area contributed by atoms with Gasteiger partial charge in [-0.05, 0) is 37.5 Å². The first-order valence-corrected chi connectivity index (χ1v) is 6.62. The molecule has 0 spiro atoms. The van der Waals surface area contributed by atoms with Gasteiger partial charge in [-0.1, -0.05) is 12.1 Å². The molecule has 3 rings (SSSR count). The zero-order valence-electron chi connectivity index (χ0n) is 10.9. The molecule has 4 nitrogen and oxygen atoms in total. The molecule has 0 radical (unpaired) electrons. The van der Waals surface area contributed by atoms with Crippen LogP contribution in [0.15, 0.2) is 28.7 Å². The van der Waals surface area contributed by atoms with Crippen molar-refractivity contribution in [2.24, 2.45) is 0 Å². The third kappa shape index (κ3) is 2.63. The van der Waals surface area contributed by atoms with Crippen molar-refractivity contribution < 1.29 is 13.9 Å². The molecule has 100 valence electrons. The third-order valence-corrected chi connectivity index (χ3v) is 3.41. The van der Waals surface area contributed by atoms with Gasteiger partial charge in [-0.2, -0.15) is 0 Å². The molecule has 2 heterocycles. The van der Waals surface area contributed by atoms with Crippen molar-refractivity contribution >= 4 is 16.9 Å². The smallest absolute Gasteiger partial charge is 0.287 e. The minimum absolute atomic E-state index is 0.149. The fourth-order valence-electron chi connectivity index (χ4n) is 2.35. The van der Waals surface area contributed by atoms with Crippen molar-refractivity contribution in [2.45, 2.75) is 25.9 Å². The van der Waals surface area contributed by atoms with E-state index in [1.54, 1.807) is 6.07 Å². The van der Waals surface area contributed by atoms with Gasteiger partial charge in [0.2, 0.25) is 0 Å². The molecule has 0 saturated carbocycles. The number of hydrogen-bond acceptors (Lipinski definition) is 3. The maximum atomic E-state index is 12.0. The Morgan fingerprint density at radius 1 is 1.42 bits per heavy atom. The Balaban J connectivity index is 1.70. The van der Waals surface area contributed by atoms with E-state index in [2.05, 4.69) is 5.32 Å². The monoisotopic (exact) mass is 259 g/mol. The number of furan rings is 1. The van der Waals surface area contributed by atoms with E-state index in [-0.39, 0.29) is 12.0 Å². The summed E-state index contributed by atoms with van der Waals surface area (Å²) in [5.41, 5.74) is 1.87. The van der Waals surface area contributed by atoms with Crippen LogP contribution in [0.4, 0.5) is 0 Å². The molecule has 1 saturated heterocycles. The quantitative estimate of drug-likeness (QED) is 0.922. The number of hydrogen-bond donors (Lipinski definition) is 1. The Morgan fingerprint density at radius 2 is 2.32 bits per heavy atom. The number of benzene rings is 1.